The Bertz CT molecular complexity index is 315. The summed E-state index contributed by atoms with van der Waals surface area (Å²) in [7, 11) is 0. The molecule has 2 aliphatic rings. The predicted octanol–water partition coefficient (Wildman–Crippen LogP) is -0.0662. The van der Waals surface area contributed by atoms with Crippen LogP contribution in [0.25, 0.3) is 0 Å². The molecule has 2 fully saturated rings. The average Bonchev–Trinajstić information content (AvgIpc) is 2.65. The molecule has 0 atom stereocenters. The molecule has 1 N–H and O–H groups in total. The van der Waals surface area contributed by atoms with Gasteiger partial charge in [0.15, 0.2) is 0 Å². The number of nitrogens with zero attached hydrogens (tertiary/aromatic N) is 2. The summed E-state index contributed by atoms with van der Waals surface area (Å²) >= 11 is 0. The van der Waals surface area contributed by atoms with Crippen molar-refractivity contribution in [2.24, 2.45) is 0 Å². The van der Waals surface area contributed by atoms with Gasteiger partial charge in [-0.05, 0) is 25.9 Å². The largest absolute Gasteiger partial charge is 0.478 e. The summed E-state index contributed by atoms with van der Waals surface area (Å²) in [5, 5.41) is 8.39. The van der Waals surface area contributed by atoms with Crippen LogP contribution in [0, 0.1) is 0 Å². The van der Waals surface area contributed by atoms with Crippen LogP contribution in [0.3, 0.4) is 0 Å². The molecule has 0 unspecified atom stereocenters. The number of hydrogen-bond acceptors (Lipinski definition) is 3. The molecule has 2 saturated heterocycles. The Morgan fingerprint density at radius 2 is 1.75 bits per heavy atom. The van der Waals surface area contributed by atoms with Crippen LogP contribution in [-0.2, 0) is 9.59 Å². The predicted molar refractivity (Wildman–Crippen MR) is 58.0 cm³/mol. The molecule has 5 nitrogen and oxygen atoms in total. The van der Waals surface area contributed by atoms with Crippen molar-refractivity contribution in [2.75, 3.05) is 26.2 Å². The van der Waals surface area contributed by atoms with E-state index in [1.807, 2.05) is 0 Å². The van der Waals surface area contributed by atoms with Crippen LogP contribution in [0.1, 0.15) is 12.8 Å². The Kier molecular flexibility index (Phi) is 3.24. The third kappa shape index (κ3) is 2.41. The van der Waals surface area contributed by atoms with E-state index in [1.165, 1.54) is 12.8 Å². The van der Waals surface area contributed by atoms with Gasteiger partial charge in [0.2, 0.25) is 5.91 Å². The molecule has 16 heavy (non-hydrogen) atoms. The lowest BCUT2D eigenvalue weighted by Crippen LogP contribution is -2.60. The zero-order valence-corrected chi connectivity index (χ0v) is 9.13. The maximum Gasteiger partial charge on any atom is 0.328 e. The van der Waals surface area contributed by atoms with Crippen molar-refractivity contribution >= 4 is 11.9 Å². The van der Waals surface area contributed by atoms with Crippen LogP contribution in [-0.4, -0.2) is 59.0 Å². The summed E-state index contributed by atoms with van der Waals surface area (Å²) in [6.45, 7) is 3.75. The Morgan fingerprint density at radius 3 is 2.31 bits per heavy atom. The Morgan fingerprint density at radius 1 is 1.12 bits per heavy atom. The molecule has 0 radical (unpaired) electrons. The highest BCUT2D eigenvalue weighted by molar-refractivity contribution is 5.94. The Hall–Kier alpha value is -1.36. The highest BCUT2D eigenvalue weighted by Gasteiger charge is 2.34. The van der Waals surface area contributed by atoms with E-state index in [9.17, 15) is 9.59 Å². The lowest BCUT2D eigenvalue weighted by atomic mass is 10.1. The summed E-state index contributed by atoms with van der Waals surface area (Å²) in [5.41, 5.74) is 0. The molecule has 0 spiro atoms. The quantitative estimate of drug-likeness (QED) is 0.682. The molecule has 2 rings (SSSR count). The molecule has 2 aliphatic heterocycles. The van der Waals surface area contributed by atoms with E-state index in [1.54, 1.807) is 4.90 Å². The van der Waals surface area contributed by atoms with E-state index in [-0.39, 0.29) is 5.91 Å². The number of hydrogen-bond donors (Lipinski definition) is 1. The van der Waals surface area contributed by atoms with Gasteiger partial charge in [0.1, 0.15) is 0 Å². The van der Waals surface area contributed by atoms with Crippen molar-refractivity contribution in [1.29, 1.82) is 0 Å². The third-order valence-electron chi connectivity index (χ3n) is 3.20. The molecule has 0 aliphatic carbocycles. The second-order valence-electron chi connectivity index (χ2n) is 4.31. The maximum atomic E-state index is 11.4. The van der Waals surface area contributed by atoms with Gasteiger partial charge in [0.05, 0.1) is 0 Å². The number of rotatable bonds is 3. The minimum Gasteiger partial charge on any atom is -0.478 e. The van der Waals surface area contributed by atoms with Gasteiger partial charge >= 0.3 is 5.97 Å². The molecule has 1 amide bonds. The van der Waals surface area contributed by atoms with Crippen LogP contribution in [0.4, 0.5) is 0 Å². The number of aliphatic carboxylic acids is 1. The van der Waals surface area contributed by atoms with Crippen molar-refractivity contribution < 1.29 is 14.7 Å². The van der Waals surface area contributed by atoms with Gasteiger partial charge in [0, 0.05) is 31.3 Å². The maximum absolute atomic E-state index is 11.4. The molecule has 5 heteroatoms. The zero-order chi connectivity index (χ0) is 11.5. The fraction of sp³-hybridized carbons (Fsp3) is 0.636. The second kappa shape index (κ2) is 4.65. The van der Waals surface area contributed by atoms with E-state index in [2.05, 4.69) is 4.90 Å². The first-order valence-corrected chi connectivity index (χ1v) is 5.61. The molecule has 2 heterocycles. The van der Waals surface area contributed by atoms with Gasteiger partial charge in [-0.2, -0.15) is 0 Å². The first kappa shape index (κ1) is 11.1. The van der Waals surface area contributed by atoms with Crippen molar-refractivity contribution in [2.45, 2.75) is 18.9 Å². The van der Waals surface area contributed by atoms with Gasteiger partial charge in [-0.3, -0.25) is 9.69 Å². The lowest BCUT2D eigenvalue weighted by Gasteiger charge is -2.43. The van der Waals surface area contributed by atoms with Crippen LogP contribution in [0.2, 0.25) is 0 Å². The minimum absolute atomic E-state index is 0.196. The van der Waals surface area contributed by atoms with Crippen LogP contribution in [0.15, 0.2) is 12.2 Å². The summed E-state index contributed by atoms with van der Waals surface area (Å²) < 4.78 is 0. The molecule has 0 aromatic rings. The number of carboxylic acid groups (broad SMARTS) is 1. The van der Waals surface area contributed by atoms with Crippen LogP contribution >= 0.6 is 0 Å². The van der Waals surface area contributed by atoms with Crippen LogP contribution < -0.4 is 0 Å². The number of likely N-dealkylation sites (tertiary alicyclic amines) is 2. The summed E-state index contributed by atoms with van der Waals surface area (Å²) in [6.07, 6.45) is 4.53. The molecule has 0 saturated carbocycles. The Balaban J connectivity index is 1.75. The SMILES string of the molecule is O=C(O)C=CC(=O)N1CC(N2CCCC2)C1. The minimum atomic E-state index is -1.08. The standard InChI is InChI=1S/C11H16N2O3/c14-10(3-4-11(15)16)13-7-9(8-13)12-5-1-2-6-12/h3-4,9H,1-2,5-8H2,(H,15,16). The fourth-order valence-electron chi connectivity index (χ4n) is 2.22. The summed E-state index contributed by atoms with van der Waals surface area (Å²) in [5.74, 6) is -1.28. The first-order chi connectivity index (χ1) is 7.66. The molecular weight excluding hydrogens is 208 g/mol. The fourth-order valence-corrected chi connectivity index (χ4v) is 2.22. The van der Waals surface area contributed by atoms with Crippen molar-refractivity contribution in [1.82, 2.24) is 9.80 Å². The second-order valence-corrected chi connectivity index (χ2v) is 4.31. The number of carboxylic acids is 1. The summed E-state index contributed by atoms with van der Waals surface area (Å²) in [6, 6.07) is 0.490. The van der Waals surface area contributed by atoms with Gasteiger partial charge in [-0.25, -0.2) is 4.79 Å². The topological polar surface area (TPSA) is 60.9 Å². The van der Waals surface area contributed by atoms with E-state index in [0.717, 1.165) is 38.3 Å². The van der Waals surface area contributed by atoms with Crippen molar-refractivity contribution in [3.05, 3.63) is 12.2 Å². The van der Waals surface area contributed by atoms with Crippen molar-refractivity contribution in [3.8, 4) is 0 Å². The Labute approximate surface area is 94.3 Å². The highest BCUT2D eigenvalue weighted by atomic mass is 16.4. The molecule has 0 aromatic carbocycles. The van der Waals surface area contributed by atoms with Gasteiger partial charge in [-0.15, -0.1) is 0 Å². The normalized spacial score (nSPS) is 22.6. The van der Waals surface area contributed by atoms with Gasteiger partial charge < -0.3 is 10.0 Å². The molecule has 88 valence electrons. The van der Waals surface area contributed by atoms with E-state index in [0.29, 0.717) is 6.04 Å². The molecular formula is C11H16N2O3. The average molecular weight is 224 g/mol. The number of carbonyl (C=O) groups is 2. The number of carbonyl (C=O) groups excluding carboxylic acids is 1. The smallest absolute Gasteiger partial charge is 0.328 e. The van der Waals surface area contributed by atoms with Gasteiger partial charge in [0.25, 0.3) is 0 Å². The monoisotopic (exact) mass is 224 g/mol. The molecule has 0 aromatic heterocycles. The zero-order valence-electron chi connectivity index (χ0n) is 9.13. The summed E-state index contributed by atoms with van der Waals surface area (Å²) in [4.78, 5) is 25.8. The highest BCUT2D eigenvalue weighted by Crippen LogP contribution is 2.20. The number of amides is 1. The first-order valence-electron chi connectivity index (χ1n) is 5.61. The van der Waals surface area contributed by atoms with E-state index < -0.39 is 5.97 Å². The third-order valence-corrected chi connectivity index (χ3v) is 3.20. The van der Waals surface area contributed by atoms with Gasteiger partial charge in [-0.1, -0.05) is 0 Å². The van der Waals surface area contributed by atoms with E-state index >= 15 is 0 Å². The lowest BCUT2D eigenvalue weighted by molar-refractivity contribution is -0.134. The van der Waals surface area contributed by atoms with Crippen LogP contribution in [0.5, 0.6) is 0 Å². The van der Waals surface area contributed by atoms with E-state index in [4.69, 9.17) is 5.11 Å². The molecule has 0 bridgehead atoms. The van der Waals surface area contributed by atoms with Crippen molar-refractivity contribution in [3.63, 3.8) is 0 Å².